The van der Waals surface area contributed by atoms with Gasteiger partial charge in [0.05, 0.1) is 6.10 Å². The van der Waals surface area contributed by atoms with E-state index in [9.17, 15) is 19.8 Å². The minimum absolute atomic E-state index is 0.0197. The lowest BCUT2D eigenvalue weighted by Gasteiger charge is -2.33. The lowest BCUT2D eigenvalue weighted by Crippen LogP contribution is -2.29. The Kier molecular flexibility index (Phi) is 16.4. The molecule has 6 nitrogen and oxygen atoms in total. The summed E-state index contributed by atoms with van der Waals surface area (Å²) in [6, 6.07) is 0. The molecule has 2 unspecified atom stereocenters. The summed E-state index contributed by atoms with van der Waals surface area (Å²) in [5, 5.41) is 20.6. The molecule has 1 rings (SSSR count). The maximum atomic E-state index is 12.5. The molecule has 1 aliphatic carbocycles. The van der Waals surface area contributed by atoms with Crippen molar-refractivity contribution in [1.29, 1.82) is 0 Å². The van der Waals surface area contributed by atoms with Crippen molar-refractivity contribution >= 4 is 32.7 Å². The third-order valence-electron chi connectivity index (χ3n) is 7.78. The highest BCUT2D eigenvalue weighted by Gasteiger charge is 2.42. The number of hydrogen-bond acceptors (Lipinski definition) is 6. The van der Waals surface area contributed by atoms with E-state index < -0.39 is 27.2 Å². The molecule has 0 radical (unpaired) electrons. The van der Waals surface area contributed by atoms with Gasteiger partial charge in [-0.05, 0) is 67.7 Å². The molecule has 0 aliphatic heterocycles. The molecule has 0 aromatic rings. The molecule has 8 heteroatoms. The summed E-state index contributed by atoms with van der Waals surface area (Å²) in [6.07, 6.45) is 11.2. The first-order chi connectivity index (χ1) is 18.6. The van der Waals surface area contributed by atoms with E-state index in [-0.39, 0.29) is 28.6 Å². The highest BCUT2D eigenvalue weighted by atomic mass is 32.2. The van der Waals surface area contributed by atoms with Gasteiger partial charge in [0, 0.05) is 23.7 Å². The fraction of sp³-hybridized carbons (Fsp3) is 0.812. The summed E-state index contributed by atoms with van der Waals surface area (Å²) in [6.45, 7) is 19.1. The molecule has 0 aromatic carbocycles. The zero-order valence-electron chi connectivity index (χ0n) is 26.8. The number of thioether (sulfide) groups is 1. The Balaban J connectivity index is 3.12. The maximum absolute atomic E-state index is 12.5. The number of ether oxygens (including phenoxy) is 1. The Morgan fingerprint density at radius 2 is 1.75 bits per heavy atom. The highest BCUT2D eigenvalue weighted by Crippen LogP contribution is 2.51. The number of allylic oxidation sites excluding steroid dienone is 3. The molecule has 0 aromatic heterocycles. The summed E-state index contributed by atoms with van der Waals surface area (Å²) in [5.41, 5.74) is -0.231. The number of aliphatic carboxylic acids is 1. The van der Waals surface area contributed by atoms with Crippen LogP contribution in [0.3, 0.4) is 0 Å². The Morgan fingerprint density at radius 3 is 2.30 bits per heavy atom. The van der Waals surface area contributed by atoms with Gasteiger partial charge in [-0.2, -0.15) is 0 Å². The molecule has 1 aliphatic rings. The topological polar surface area (TPSA) is 93.1 Å². The number of carboxylic acid groups (broad SMARTS) is 1. The maximum Gasteiger partial charge on any atom is 0.331 e. The number of carboxylic acids is 1. The molecule has 40 heavy (non-hydrogen) atoms. The minimum atomic E-state index is -1.43. The van der Waals surface area contributed by atoms with Gasteiger partial charge in [0.1, 0.15) is 11.9 Å². The van der Waals surface area contributed by atoms with Gasteiger partial charge in [-0.15, -0.1) is 11.8 Å². The second-order valence-electron chi connectivity index (χ2n) is 13.3. The molecule has 232 valence electrons. The predicted molar refractivity (Wildman–Crippen MR) is 170 cm³/mol. The summed E-state index contributed by atoms with van der Waals surface area (Å²) < 4.78 is 11.6. The number of carbonyl (C=O) groups is 2. The summed E-state index contributed by atoms with van der Waals surface area (Å²) in [4.78, 5) is 25.2. The number of hydrogen-bond donors (Lipinski definition) is 2. The van der Waals surface area contributed by atoms with E-state index in [2.05, 4.69) is 47.6 Å². The van der Waals surface area contributed by atoms with Crippen molar-refractivity contribution in [1.82, 2.24) is 0 Å². The average molecular weight is 599 g/mol. The van der Waals surface area contributed by atoms with Crippen molar-refractivity contribution in [3.8, 4) is 0 Å². The SMILES string of the molecule is CCCCCC(C)(C)C(O)C=C[C@@H]1C(SCCCCC(O[SiH](C)C)C(=O)O)=C(OC(=O)CCC)C[C@H]1C(C)(C)C. The Hall–Kier alpha value is -1.09. The van der Waals surface area contributed by atoms with Crippen LogP contribution < -0.4 is 0 Å². The lowest BCUT2D eigenvalue weighted by molar-refractivity contribution is -0.145. The van der Waals surface area contributed by atoms with Gasteiger partial charge in [-0.1, -0.05) is 79.9 Å². The first kappa shape index (κ1) is 36.9. The van der Waals surface area contributed by atoms with Crippen molar-refractivity contribution in [3.63, 3.8) is 0 Å². The zero-order chi connectivity index (χ0) is 30.5. The van der Waals surface area contributed by atoms with Crippen LogP contribution in [0.1, 0.15) is 113 Å². The van der Waals surface area contributed by atoms with Crippen LogP contribution in [0.25, 0.3) is 0 Å². The second kappa shape index (κ2) is 17.8. The van der Waals surface area contributed by atoms with E-state index in [1.807, 2.05) is 26.1 Å². The van der Waals surface area contributed by atoms with Crippen molar-refractivity contribution in [2.24, 2.45) is 22.7 Å². The summed E-state index contributed by atoms with van der Waals surface area (Å²) in [7, 11) is -1.43. The molecule has 0 amide bonds. The Labute approximate surface area is 250 Å². The molecule has 0 fully saturated rings. The smallest absolute Gasteiger partial charge is 0.331 e. The van der Waals surface area contributed by atoms with Crippen LogP contribution in [-0.4, -0.2) is 49.2 Å². The molecule has 4 atom stereocenters. The number of carbonyl (C=O) groups excluding carboxylic acids is 1. The standard InChI is InChI=1S/C32H58O6SSi/c1-10-12-14-20-32(6,7)27(33)19-18-23-24(31(3,4)5)22-26(37-28(34)16-11-2)29(23)39-21-15-13-17-25(30(35)36)38-40(8)9/h18-19,23-25,27,33,40H,10-17,20-22H2,1-9H3,(H,35,36)/t23-,24+,25?,27?/m0/s1. The van der Waals surface area contributed by atoms with Crippen molar-refractivity contribution in [2.75, 3.05) is 5.75 Å². The molecule has 0 bridgehead atoms. The van der Waals surface area contributed by atoms with Crippen LogP contribution in [0.2, 0.25) is 13.1 Å². The van der Waals surface area contributed by atoms with Crippen molar-refractivity contribution in [2.45, 2.75) is 138 Å². The zero-order valence-corrected chi connectivity index (χ0v) is 28.7. The minimum Gasteiger partial charge on any atom is -0.479 e. The third kappa shape index (κ3) is 12.8. The molecule has 0 heterocycles. The lowest BCUT2D eigenvalue weighted by atomic mass is 9.73. The van der Waals surface area contributed by atoms with Gasteiger partial charge in [0.25, 0.3) is 0 Å². The molecule has 0 saturated carbocycles. The van der Waals surface area contributed by atoms with Crippen molar-refractivity contribution < 1.29 is 29.0 Å². The predicted octanol–water partition coefficient (Wildman–Crippen LogP) is 8.10. The normalized spacial score (nSPS) is 20.0. The third-order valence-corrected chi connectivity index (χ3v) is 9.95. The summed E-state index contributed by atoms with van der Waals surface area (Å²) >= 11 is 1.72. The molecule has 2 N–H and O–H groups in total. The van der Waals surface area contributed by atoms with Crippen LogP contribution in [0, 0.1) is 22.7 Å². The molecule has 0 saturated heterocycles. The van der Waals surface area contributed by atoms with Gasteiger partial charge in [0.2, 0.25) is 0 Å². The van der Waals surface area contributed by atoms with Gasteiger partial charge < -0.3 is 19.4 Å². The average Bonchev–Trinajstić information content (AvgIpc) is 3.18. The van der Waals surface area contributed by atoms with Crippen LogP contribution in [0.5, 0.6) is 0 Å². The second-order valence-corrected chi connectivity index (χ2v) is 16.9. The molecule has 0 spiro atoms. The largest absolute Gasteiger partial charge is 0.479 e. The molecular formula is C32H58O6SSi. The van der Waals surface area contributed by atoms with E-state index in [4.69, 9.17) is 9.16 Å². The number of aliphatic hydroxyl groups excluding tert-OH is 1. The number of unbranched alkanes of at least 4 members (excludes halogenated alkanes) is 3. The van der Waals surface area contributed by atoms with Crippen LogP contribution in [0.15, 0.2) is 22.8 Å². The van der Waals surface area contributed by atoms with E-state index in [1.54, 1.807) is 11.8 Å². The quantitative estimate of drug-likeness (QED) is 0.0671. The van der Waals surface area contributed by atoms with E-state index in [1.165, 1.54) is 6.42 Å². The fourth-order valence-electron chi connectivity index (χ4n) is 5.18. The number of esters is 1. The van der Waals surface area contributed by atoms with Crippen LogP contribution >= 0.6 is 11.8 Å². The van der Waals surface area contributed by atoms with Crippen molar-refractivity contribution in [3.05, 3.63) is 22.8 Å². The number of aliphatic hydroxyl groups is 1. The van der Waals surface area contributed by atoms with Crippen LogP contribution in [0.4, 0.5) is 0 Å². The van der Waals surface area contributed by atoms with Gasteiger partial charge in [-0.25, -0.2) is 4.79 Å². The van der Waals surface area contributed by atoms with E-state index in [0.29, 0.717) is 19.3 Å². The monoisotopic (exact) mass is 598 g/mol. The van der Waals surface area contributed by atoms with Gasteiger partial charge in [0.15, 0.2) is 9.04 Å². The van der Waals surface area contributed by atoms with Crippen LogP contribution in [-0.2, 0) is 18.8 Å². The first-order valence-electron chi connectivity index (χ1n) is 15.4. The highest BCUT2D eigenvalue weighted by molar-refractivity contribution is 8.03. The van der Waals surface area contributed by atoms with E-state index >= 15 is 0 Å². The van der Waals surface area contributed by atoms with Gasteiger partial charge in [-0.3, -0.25) is 4.79 Å². The van der Waals surface area contributed by atoms with E-state index in [0.717, 1.165) is 54.9 Å². The summed E-state index contributed by atoms with van der Waals surface area (Å²) in [5.74, 6) is 0.801. The number of rotatable bonds is 19. The fourth-order valence-corrected chi connectivity index (χ4v) is 7.38. The van der Waals surface area contributed by atoms with Gasteiger partial charge >= 0.3 is 11.9 Å². The Bertz CT molecular complexity index is 845. The Morgan fingerprint density at radius 1 is 1.07 bits per heavy atom. The molecular weight excluding hydrogens is 540 g/mol. The first-order valence-corrected chi connectivity index (χ1v) is 19.2.